The van der Waals surface area contributed by atoms with E-state index in [1.165, 1.54) is 16.7 Å². The molecule has 3 aromatic heterocycles. The van der Waals surface area contributed by atoms with Crippen molar-refractivity contribution >= 4 is 62.3 Å². The van der Waals surface area contributed by atoms with Gasteiger partial charge in [0.15, 0.2) is 0 Å². The largest absolute Gasteiger partial charge is 0.354 e. The molecule has 8 bridgehead atoms. The van der Waals surface area contributed by atoms with Crippen molar-refractivity contribution in [1.29, 1.82) is 0 Å². The van der Waals surface area contributed by atoms with E-state index in [1.807, 2.05) is 0 Å². The second-order valence-electron chi connectivity index (χ2n) is 12.0. The number of fused-ring (bicyclic) bond motifs is 8. The summed E-state index contributed by atoms with van der Waals surface area (Å²) in [7, 11) is 0. The predicted octanol–water partition coefficient (Wildman–Crippen LogP) is 11.3. The Hall–Kier alpha value is -5.26. The van der Waals surface area contributed by atoms with Gasteiger partial charge in [0.1, 0.15) is 0 Å². The van der Waals surface area contributed by atoms with Gasteiger partial charge in [0.25, 0.3) is 0 Å². The van der Waals surface area contributed by atoms with E-state index in [0.29, 0.717) is 0 Å². The summed E-state index contributed by atoms with van der Waals surface area (Å²) in [6.07, 6.45) is 8.32. The van der Waals surface area contributed by atoms with Gasteiger partial charge in [-0.25, -0.2) is 9.97 Å². The summed E-state index contributed by atoms with van der Waals surface area (Å²) in [5, 5.41) is 0. The number of benzene rings is 3. The Labute approximate surface area is 276 Å². The number of H-pyrrole nitrogens is 2. The van der Waals surface area contributed by atoms with E-state index >= 15 is 0 Å². The van der Waals surface area contributed by atoms with E-state index in [0.717, 1.165) is 82.7 Å². The quantitative estimate of drug-likeness (QED) is 0.198. The molecule has 0 atom stereocenters. The first-order valence-electron chi connectivity index (χ1n) is 15.4. The highest BCUT2D eigenvalue weighted by atomic mass is 79.9. The van der Waals surface area contributed by atoms with Gasteiger partial charge in [-0.05, 0) is 102 Å². The van der Waals surface area contributed by atoms with Gasteiger partial charge >= 0.3 is 0 Å². The Morgan fingerprint density at radius 2 is 0.696 bits per heavy atom. The number of aromatic amines is 2. The van der Waals surface area contributed by atoms with Crippen LogP contribution in [0.25, 0.3) is 79.8 Å². The highest BCUT2D eigenvalue weighted by Gasteiger charge is 2.17. The van der Waals surface area contributed by atoms with Crippen molar-refractivity contribution in [2.75, 3.05) is 0 Å². The van der Waals surface area contributed by atoms with Crippen LogP contribution in [0.2, 0.25) is 0 Å². The normalized spacial score (nSPS) is 12.2. The van der Waals surface area contributed by atoms with Gasteiger partial charge in [-0.3, -0.25) is 0 Å². The lowest BCUT2D eigenvalue weighted by Gasteiger charge is -2.06. The number of nitrogens with zero attached hydrogens (tertiary/aromatic N) is 2. The number of aryl methyl sites for hydroxylation is 3. The minimum absolute atomic E-state index is 0.842. The van der Waals surface area contributed by atoms with Gasteiger partial charge in [-0.2, -0.15) is 0 Å². The Bertz CT molecular complexity index is 2230. The molecule has 0 saturated carbocycles. The molecular formula is C41H31BrN4. The first kappa shape index (κ1) is 28.2. The molecule has 0 unspecified atom stereocenters. The molecule has 5 heteroatoms. The van der Waals surface area contributed by atoms with Gasteiger partial charge in [-0.1, -0.05) is 89.5 Å². The minimum Gasteiger partial charge on any atom is -0.354 e. The molecule has 0 radical (unpaired) electrons. The zero-order valence-electron chi connectivity index (χ0n) is 25.8. The molecule has 3 aromatic carbocycles. The van der Waals surface area contributed by atoms with Gasteiger partial charge in [0.05, 0.1) is 27.2 Å². The van der Waals surface area contributed by atoms with E-state index in [1.54, 1.807) is 0 Å². The van der Waals surface area contributed by atoms with Crippen molar-refractivity contribution < 1.29 is 0 Å². The lowest BCUT2D eigenvalue weighted by molar-refractivity contribution is 1.25. The summed E-state index contributed by atoms with van der Waals surface area (Å²) in [6.45, 7) is 6.35. The molecule has 8 rings (SSSR count). The third kappa shape index (κ3) is 5.03. The van der Waals surface area contributed by atoms with Gasteiger partial charge in [0, 0.05) is 38.8 Å². The van der Waals surface area contributed by atoms with Gasteiger partial charge in [0.2, 0.25) is 0 Å². The molecule has 6 aromatic rings. The number of hydrogen-bond donors (Lipinski definition) is 2. The van der Waals surface area contributed by atoms with Crippen LogP contribution in [0.1, 0.15) is 39.5 Å². The third-order valence-corrected chi connectivity index (χ3v) is 9.52. The van der Waals surface area contributed by atoms with Crippen molar-refractivity contribution in [3.8, 4) is 33.4 Å². The van der Waals surface area contributed by atoms with E-state index in [9.17, 15) is 0 Å². The van der Waals surface area contributed by atoms with Crippen molar-refractivity contribution in [2.45, 2.75) is 20.8 Å². The van der Waals surface area contributed by atoms with E-state index in [2.05, 4.69) is 168 Å². The molecule has 0 spiro atoms. The summed E-state index contributed by atoms with van der Waals surface area (Å²) < 4.78 is 0.859. The zero-order valence-corrected chi connectivity index (χ0v) is 27.4. The van der Waals surface area contributed by atoms with E-state index in [4.69, 9.17) is 9.97 Å². The lowest BCUT2D eigenvalue weighted by Crippen LogP contribution is -1.88. The summed E-state index contributed by atoms with van der Waals surface area (Å²) >= 11 is 3.86. The first-order chi connectivity index (χ1) is 22.4. The SMILES string of the molecule is Cc1ccc(-c2c3nc(c(Br)c4nc(c(-c5ccc(C)cc5)c5ccc([nH]5)c(-c5ccc(C)cc5)c5ccc2[nH]5)C=C4)C=C3)cc1. The standard InChI is InChI=1S/C41H31BrN4/c1-24-4-10-27(11-5-24)38-30-16-18-32(43-30)39(28-12-6-25(2)7-13-28)34-20-22-36(45-34)41(42)37-23-21-35(46-37)40(33-19-17-31(38)44-33)29-14-8-26(3)9-15-29/h4-23,43-44H,1-3H3. The summed E-state index contributed by atoms with van der Waals surface area (Å²) in [5.74, 6) is 0. The van der Waals surface area contributed by atoms with Gasteiger partial charge in [-0.15, -0.1) is 0 Å². The summed E-state index contributed by atoms with van der Waals surface area (Å²) in [4.78, 5) is 17.9. The highest BCUT2D eigenvalue weighted by molar-refractivity contribution is 9.10. The highest BCUT2D eigenvalue weighted by Crippen LogP contribution is 2.37. The van der Waals surface area contributed by atoms with Crippen LogP contribution in [0, 0.1) is 20.8 Å². The first-order valence-corrected chi connectivity index (χ1v) is 16.2. The Morgan fingerprint density at radius 3 is 1.07 bits per heavy atom. The van der Waals surface area contributed by atoms with E-state index < -0.39 is 0 Å². The second-order valence-corrected chi connectivity index (χ2v) is 12.8. The maximum absolute atomic E-state index is 5.15. The van der Waals surface area contributed by atoms with Crippen LogP contribution in [0.15, 0.2) is 102 Å². The van der Waals surface area contributed by atoms with Gasteiger partial charge < -0.3 is 9.97 Å². The zero-order chi connectivity index (χ0) is 31.4. The molecule has 0 saturated heterocycles. The minimum atomic E-state index is 0.842. The number of rotatable bonds is 3. The maximum atomic E-state index is 5.15. The van der Waals surface area contributed by atoms with Crippen molar-refractivity contribution in [3.63, 3.8) is 0 Å². The molecular weight excluding hydrogens is 628 g/mol. The molecule has 2 aliphatic rings. The molecule has 2 N–H and O–H groups in total. The van der Waals surface area contributed by atoms with Crippen molar-refractivity contribution in [1.82, 2.24) is 19.9 Å². The number of aromatic nitrogens is 4. The molecule has 0 fully saturated rings. The van der Waals surface area contributed by atoms with Crippen LogP contribution in [-0.2, 0) is 0 Å². The van der Waals surface area contributed by atoms with Crippen LogP contribution >= 0.6 is 15.9 Å². The number of hydrogen-bond acceptors (Lipinski definition) is 2. The Kier molecular flexibility index (Phi) is 6.92. The van der Waals surface area contributed by atoms with Crippen LogP contribution in [0.4, 0.5) is 0 Å². The molecule has 0 amide bonds. The fourth-order valence-electron chi connectivity index (χ4n) is 6.25. The number of nitrogens with one attached hydrogen (secondary N) is 2. The van der Waals surface area contributed by atoms with Crippen molar-refractivity contribution in [2.24, 2.45) is 0 Å². The van der Waals surface area contributed by atoms with Crippen LogP contribution in [0.5, 0.6) is 0 Å². The Balaban J connectivity index is 1.54. The van der Waals surface area contributed by atoms with E-state index in [-0.39, 0.29) is 0 Å². The van der Waals surface area contributed by atoms with Crippen LogP contribution < -0.4 is 0 Å². The topological polar surface area (TPSA) is 57.4 Å². The smallest absolute Gasteiger partial charge is 0.0801 e. The van der Waals surface area contributed by atoms with Crippen LogP contribution in [0.3, 0.4) is 0 Å². The third-order valence-electron chi connectivity index (χ3n) is 8.71. The molecule has 0 aliphatic carbocycles. The molecule has 4 nitrogen and oxygen atoms in total. The molecule has 222 valence electrons. The summed E-state index contributed by atoms with van der Waals surface area (Å²) in [6, 6.07) is 34.7. The molecule has 2 aliphatic heterocycles. The average Bonchev–Trinajstić information content (AvgIpc) is 3.89. The second kappa shape index (κ2) is 11.3. The number of halogens is 1. The predicted molar refractivity (Wildman–Crippen MR) is 197 cm³/mol. The monoisotopic (exact) mass is 658 g/mol. The van der Waals surface area contributed by atoms with Crippen molar-refractivity contribution in [3.05, 3.63) is 141 Å². The fourth-order valence-corrected chi connectivity index (χ4v) is 6.69. The van der Waals surface area contributed by atoms with Crippen LogP contribution in [-0.4, -0.2) is 19.9 Å². The maximum Gasteiger partial charge on any atom is 0.0801 e. The lowest BCUT2D eigenvalue weighted by atomic mass is 10.0. The average molecular weight is 660 g/mol. The molecule has 5 heterocycles. The molecule has 46 heavy (non-hydrogen) atoms. The Morgan fingerprint density at radius 1 is 0.391 bits per heavy atom. The fraction of sp³-hybridized carbons (Fsp3) is 0.0732. The summed E-state index contributed by atoms with van der Waals surface area (Å²) in [5.41, 5.74) is 17.7.